The number of carbonyl (C=O) groups excluding carboxylic acids is 1. The minimum Gasteiger partial charge on any atom is -0.493 e. The average Bonchev–Trinajstić information content (AvgIpc) is 2.67. The molecule has 0 aliphatic rings. The Labute approximate surface area is 176 Å². The summed E-state index contributed by atoms with van der Waals surface area (Å²) in [6, 6.07) is 15.6. The predicted molar refractivity (Wildman–Crippen MR) is 116 cm³/mol. The van der Waals surface area contributed by atoms with Crippen LogP contribution in [0.3, 0.4) is 0 Å². The average molecular weight is 449 g/mol. The third kappa shape index (κ3) is 6.86. The minimum absolute atomic E-state index is 0.0672. The van der Waals surface area contributed by atoms with Crippen LogP contribution in [0.2, 0.25) is 0 Å². The monoisotopic (exact) mass is 448 g/mol. The molecular weight excluding hydrogens is 420 g/mol. The van der Waals surface area contributed by atoms with Gasteiger partial charge in [0.1, 0.15) is 11.5 Å². The number of carbonyl (C=O) groups is 1. The van der Waals surface area contributed by atoms with Crippen LogP contribution >= 0.6 is 15.9 Å². The second kappa shape index (κ2) is 10.5. The summed E-state index contributed by atoms with van der Waals surface area (Å²) < 4.78 is 16.8. The molecule has 0 heterocycles. The highest BCUT2D eigenvalue weighted by molar-refractivity contribution is 9.09. The standard InChI is InChI=1S/C23H29BrO4/c1-5-26-22(25)21(16-17-6-10-19(11-7-17)27-15-14-24)28-20-12-8-18(9-13-20)23(2,3)4/h6-13,21H,5,14-16H2,1-4H3. The Bertz CT molecular complexity index is 733. The number of hydrogen-bond donors (Lipinski definition) is 0. The fourth-order valence-electron chi connectivity index (χ4n) is 2.70. The van der Waals surface area contributed by atoms with E-state index in [0.29, 0.717) is 25.4 Å². The Kier molecular flexibility index (Phi) is 8.36. The molecule has 1 atom stereocenters. The lowest BCUT2D eigenvalue weighted by Crippen LogP contribution is -2.31. The molecule has 0 amide bonds. The van der Waals surface area contributed by atoms with Crippen molar-refractivity contribution in [1.82, 2.24) is 0 Å². The van der Waals surface area contributed by atoms with Gasteiger partial charge in [0, 0.05) is 11.8 Å². The zero-order valence-electron chi connectivity index (χ0n) is 17.0. The summed E-state index contributed by atoms with van der Waals surface area (Å²) in [4.78, 5) is 12.4. The quantitative estimate of drug-likeness (QED) is 0.385. The van der Waals surface area contributed by atoms with Gasteiger partial charge in [0.15, 0.2) is 6.10 Å². The van der Waals surface area contributed by atoms with E-state index in [4.69, 9.17) is 14.2 Å². The summed E-state index contributed by atoms with van der Waals surface area (Å²) in [5.74, 6) is 1.10. The molecule has 5 heteroatoms. The number of rotatable bonds is 9. The van der Waals surface area contributed by atoms with Gasteiger partial charge in [-0.05, 0) is 47.7 Å². The van der Waals surface area contributed by atoms with Crippen molar-refractivity contribution in [3.05, 3.63) is 59.7 Å². The van der Waals surface area contributed by atoms with E-state index in [2.05, 4.69) is 36.7 Å². The molecule has 1 unspecified atom stereocenters. The lowest BCUT2D eigenvalue weighted by Gasteiger charge is -2.21. The van der Waals surface area contributed by atoms with Crippen LogP contribution < -0.4 is 9.47 Å². The Morgan fingerprint density at radius 3 is 2.14 bits per heavy atom. The molecule has 2 aromatic rings. The lowest BCUT2D eigenvalue weighted by atomic mass is 9.87. The normalized spacial score (nSPS) is 12.3. The van der Waals surface area contributed by atoms with Gasteiger partial charge >= 0.3 is 5.97 Å². The van der Waals surface area contributed by atoms with Crippen molar-refractivity contribution in [3.63, 3.8) is 0 Å². The first-order valence-electron chi connectivity index (χ1n) is 9.55. The fraction of sp³-hybridized carbons (Fsp3) is 0.435. The molecule has 0 aliphatic carbocycles. The SMILES string of the molecule is CCOC(=O)C(Cc1ccc(OCCBr)cc1)Oc1ccc(C(C)(C)C)cc1. The Morgan fingerprint density at radius 1 is 1.00 bits per heavy atom. The first kappa shape index (κ1) is 22.3. The molecule has 0 saturated heterocycles. The van der Waals surface area contributed by atoms with Crippen molar-refractivity contribution in [2.24, 2.45) is 0 Å². The van der Waals surface area contributed by atoms with E-state index < -0.39 is 6.10 Å². The Balaban J connectivity index is 2.10. The van der Waals surface area contributed by atoms with Gasteiger partial charge in [0.05, 0.1) is 13.2 Å². The van der Waals surface area contributed by atoms with Crippen LogP contribution in [0.5, 0.6) is 11.5 Å². The maximum absolute atomic E-state index is 12.4. The highest BCUT2D eigenvalue weighted by Crippen LogP contribution is 2.25. The van der Waals surface area contributed by atoms with Crippen LogP contribution in [0.15, 0.2) is 48.5 Å². The van der Waals surface area contributed by atoms with Crippen molar-refractivity contribution >= 4 is 21.9 Å². The van der Waals surface area contributed by atoms with E-state index >= 15 is 0 Å². The maximum Gasteiger partial charge on any atom is 0.347 e. The van der Waals surface area contributed by atoms with E-state index in [1.807, 2.05) is 48.5 Å². The largest absolute Gasteiger partial charge is 0.493 e. The van der Waals surface area contributed by atoms with Crippen molar-refractivity contribution in [2.75, 3.05) is 18.5 Å². The van der Waals surface area contributed by atoms with E-state index in [9.17, 15) is 4.79 Å². The third-order valence-corrected chi connectivity index (χ3v) is 4.56. The van der Waals surface area contributed by atoms with E-state index in [1.165, 1.54) is 5.56 Å². The number of esters is 1. The van der Waals surface area contributed by atoms with Crippen LogP contribution in [-0.4, -0.2) is 30.6 Å². The van der Waals surface area contributed by atoms with Crippen molar-refractivity contribution in [3.8, 4) is 11.5 Å². The smallest absolute Gasteiger partial charge is 0.347 e. The first-order chi connectivity index (χ1) is 13.3. The maximum atomic E-state index is 12.4. The number of ether oxygens (including phenoxy) is 3. The number of halogens is 1. The first-order valence-corrected chi connectivity index (χ1v) is 10.7. The molecule has 0 saturated carbocycles. The highest BCUT2D eigenvalue weighted by atomic mass is 79.9. The van der Waals surface area contributed by atoms with Crippen molar-refractivity contribution in [2.45, 2.75) is 45.6 Å². The molecule has 0 spiro atoms. The molecule has 0 N–H and O–H groups in total. The summed E-state index contributed by atoms with van der Waals surface area (Å²) in [6.07, 6.45) is -0.270. The molecular formula is C23H29BrO4. The van der Waals surface area contributed by atoms with Crippen LogP contribution in [0.25, 0.3) is 0 Å². The topological polar surface area (TPSA) is 44.8 Å². The number of benzene rings is 2. The summed E-state index contributed by atoms with van der Waals surface area (Å²) in [5, 5.41) is 0.779. The molecule has 152 valence electrons. The molecule has 0 fully saturated rings. The predicted octanol–water partition coefficient (Wildman–Crippen LogP) is 5.31. The third-order valence-electron chi connectivity index (χ3n) is 4.24. The van der Waals surface area contributed by atoms with Crippen LogP contribution in [0.4, 0.5) is 0 Å². The molecule has 2 aromatic carbocycles. The van der Waals surface area contributed by atoms with E-state index in [-0.39, 0.29) is 11.4 Å². The Hall–Kier alpha value is -2.01. The number of hydrogen-bond acceptors (Lipinski definition) is 4. The molecule has 0 radical (unpaired) electrons. The summed E-state index contributed by atoms with van der Waals surface area (Å²) in [6.45, 7) is 9.21. The van der Waals surface area contributed by atoms with Gasteiger partial charge in [0.2, 0.25) is 0 Å². The van der Waals surface area contributed by atoms with Gasteiger partial charge in [-0.15, -0.1) is 0 Å². The fourth-order valence-corrected chi connectivity index (χ4v) is 2.86. The van der Waals surface area contributed by atoms with Gasteiger partial charge in [0.25, 0.3) is 0 Å². The minimum atomic E-state index is -0.699. The highest BCUT2D eigenvalue weighted by Gasteiger charge is 2.23. The summed E-state index contributed by atoms with van der Waals surface area (Å²) >= 11 is 3.34. The second-order valence-electron chi connectivity index (χ2n) is 7.52. The molecule has 4 nitrogen and oxygen atoms in total. The molecule has 0 aromatic heterocycles. The van der Waals surface area contributed by atoms with Gasteiger partial charge in [-0.1, -0.05) is 61.0 Å². The molecule has 0 bridgehead atoms. The van der Waals surface area contributed by atoms with E-state index in [0.717, 1.165) is 16.6 Å². The zero-order valence-corrected chi connectivity index (χ0v) is 18.6. The van der Waals surface area contributed by atoms with Crippen LogP contribution in [-0.2, 0) is 21.4 Å². The summed E-state index contributed by atoms with van der Waals surface area (Å²) in [5.41, 5.74) is 2.26. The second-order valence-corrected chi connectivity index (χ2v) is 8.31. The lowest BCUT2D eigenvalue weighted by molar-refractivity contribution is -0.151. The van der Waals surface area contributed by atoms with Crippen LogP contribution in [0.1, 0.15) is 38.8 Å². The number of alkyl halides is 1. The summed E-state index contributed by atoms with van der Waals surface area (Å²) in [7, 11) is 0. The van der Waals surface area contributed by atoms with Crippen molar-refractivity contribution in [1.29, 1.82) is 0 Å². The molecule has 28 heavy (non-hydrogen) atoms. The zero-order chi connectivity index (χ0) is 20.6. The molecule has 2 rings (SSSR count). The van der Waals surface area contributed by atoms with Gasteiger partial charge in [-0.25, -0.2) is 4.79 Å². The van der Waals surface area contributed by atoms with Crippen LogP contribution in [0, 0.1) is 0 Å². The van der Waals surface area contributed by atoms with Gasteiger partial charge in [-0.3, -0.25) is 0 Å². The van der Waals surface area contributed by atoms with Crippen molar-refractivity contribution < 1.29 is 19.0 Å². The van der Waals surface area contributed by atoms with Gasteiger partial charge < -0.3 is 14.2 Å². The Morgan fingerprint density at radius 2 is 1.61 bits per heavy atom. The van der Waals surface area contributed by atoms with Gasteiger partial charge in [-0.2, -0.15) is 0 Å². The van der Waals surface area contributed by atoms with E-state index in [1.54, 1.807) is 6.92 Å². The molecule has 0 aliphatic heterocycles.